The summed E-state index contributed by atoms with van der Waals surface area (Å²) in [5.74, 6) is 0.220. The summed E-state index contributed by atoms with van der Waals surface area (Å²) >= 11 is 0. The van der Waals surface area contributed by atoms with E-state index in [9.17, 15) is 13.6 Å². The zero-order valence-corrected chi connectivity index (χ0v) is 24.0. The Hall–Kier alpha value is -3.08. The number of alkyl halides is 2. The highest BCUT2D eigenvalue weighted by molar-refractivity contribution is 6.08. The lowest BCUT2D eigenvalue weighted by Gasteiger charge is -2.27. The predicted octanol–water partition coefficient (Wildman–Crippen LogP) is 6.68. The zero-order valence-electron chi connectivity index (χ0n) is 24.0. The van der Waals surface area contributed by atoms with E-state index in [0.717, 1.165) is 50.9 Å². The van der Waals surface area contributed by atoms with E-state index < -0.39 is 18.0 Å². The first-order valence-corrected chi connectivity index (χ1v) is 14.5. The van der Waals surface area contributed by atoms with Crippen molar-refractivity contribution >= 4 is 23.1 Å². The Labute approximate surface area is 229 Å². The van der Waals surface area contributed by atoms with Crippen molar-refractivity contribution in [1.82, 2.24) is 24.4 Å². The maximum Gasteiger partial charge on any atom is 0.284 e. The van der Waals surface area contributed by atoms with Gasteiger partial charge in [-0.15, -0.1) is 0 Å². The SMILES string of the molecule is CC.CC.CC.O=C(Nc1cn(C2CCCCC2)nc1C(F)F)c1cnn2ccc(N3CC4C[C@@H]3CO4)nc12. The summed E-state index contributed by atoms with van der Waals surface area (Å²) in [4.78, 5) is 20.0. The van der Waals surface area contributed by atoms with E-state index in [2.05, 4.69) is 25.4 Å². The molecule has 39 heavy (non-hydrogen) atoms. The van der Waals surface area contributed by atoms with Crippen LogP contribution in [0.25, 0.3) is 5.65 Å². The number of nitrogens with zero attached hydrogens (tertiary/aromatic N) is 6. The van der Waals surface area contributed by atoms with Gasteiger partial charge in [-0.3, -0.25) is 9.48 Å². The molecule has 216 valence electrons. The van der Waals surface area contributed by atoms with Crippen molar-refractivity contribution in [2.45, 2.75) is 105 Å². The number of amides is 1. The molecule has 11 heteroatoms. The van der Waals surface area contributed by atoms with E-state index in [-0.39, 0.29) is 29.4 Å². The molecule has 3 aromatic heterocycles. The fourth-order valence-electron chi connectivity index (χ4n) is 5.25. The summed E-state index contributed by atoms with van der Waals surface area (Å²) in [6, 6.07) is 2.23. The summed E-state index contributed by atoms with van der Waals surface area (Å²) in [5.41, 5.74) is 0.229. The van der Waals surface area contributed by atoms with Gasteiger partial charge in [-0.1, -0.05) is 60.8 Å². The van der Waals surface area contributed by atoms with Crippen LogP contribution in [0.1, 0.15) is 109 Å². The van der Waals surface area contributed by atoms with E-state index in [4.69, 9.17) is 4.74 Å². The van der Waals surface area contributed by atoms with Gasteiger partial charge in [0.25, 0.3) is 12.3 Å². The summed E-state index contributed by atoms with van der Waals surface area (Å²) in [7, 11) is 0. The zero-order chi connectivity index (χ0) is 28.5. The molecule has 0 spiro atoms. The summed E-state index contributed by atoms with van der Waals surface area (Å²) in [6.07, 6.45) is 8.17. The van der Waals surface area contributed by atoms with Gasteiger partial charge in [0.05, 0.1) is 36.7 Å². The number of ether oxygens (including phenoxy) is 1. The minimum Gasteiger partial charge on any atom is -0.374 e. The number of morpholine rings is 1. The second-order valence-electron chi connectivity index (χ2n) is 9.06. The first-order chi connectivity index (χ1) is 19.1. The molecule has 2 saturated heterocycles. The number of halogens is 2. The van der Waals surface area contributed by atoms with Crippen molar-refractivity contribution in [2.24, 2.45) is 0 Å². The molecule has 1 N–H and O–H groups in total. The summed E-state index contributed by atoms with van der Waals surface area (Å²) in [5, 5.41) is 11.0. The van der Waals surface area contributed by atoms with Gasteiger partial charge < -0.3 is 15.0 Å². The molecule has 0 aromatic carbocycles. The quantitative estimate of drug-likeness (QED) is 0.383. The standard InChI is InChI=1S/C22H25F2N7O2.3C2H6/c23-20(24)19-17(11-31(28-19)13-4-2-1-3-5-13)26-22(32)16-9-25-30-7-6-18(27-21(16)30)29-10-15-8-14(29)12-33-15;3*1-2/h6-7,9,11,13-15,20H,1-5,8,10,12H2,(H,26,32);3*1-2H3/t14-,15?;;;/m1.../s1. The molecule has 3 aliphatic rings. The van der Waals surface area contributed by atoms with Crippen LogP contribution in [-0.4, -0.2) is 55.6 Å². The molecule has 9 nitrogen and oxygen atoms in total. The number of hydrogen-bond acceptors (Lipinski definition) is 6. The van der Waals surface area contributed by atoms with Crippen LogP contribution in [0.3, 0.4) is 0 Å². The Morgan fingerprint density at radius 1 is 1.08 bits per heavy atom. The van der Waals surface area contributed by atoms with Crippen molar-refractivity contribution in [3.63, 3.8) is 0 Å². The van der Waals surface area contributed by atoms with E-state index in [1.807, 2.05) is 47.6 Å². The van der Waals surface area contributed by atoms with E-state index in [1.165, 1.54) is 16.9 Å². The number of anilines is 2. The lowest BCUT2D eigenvalue weighted by Crippen LogP contribution is -2.37. The van der Waals surface area contributed by atoms with Crippen molar-refractivity contribution in [2.75, 3.05) is 23.4 Å². The van der Waals surface area contributed by atoms with Crippen LogP contribution < -0.4 is 10.2 Å². The molecule has 2 atom stereocenters. The minimum atomic E-state index is -2.79. The van der Waals surface area contributed by atoms with Crippen LogP contribution in [-0.2, 0) is 4.74 Å². The third kappa shape index (κ3) is 6.57. The molecular formula is C28H43F2N7O2. The number of fused-ring (bicyclic) bond motifs is 3. The number of nitrogens with one attached hydrogen (secondary N) is 1. The fourth-order valence-corrected chi connectivity index (χ4v) is 5.25. The van der Waals surface area contributed by atoms with Gasteiger partial charge in [-0.25, -0.2) is 18.3 Å². The number of aromatic nitrogens is 5. The first kappa shape index (κ1) is 30.5. The van der Waals surface area contributed by atoms with Gasteiger partial charge in [0, 0.05) is 18.9 Å². The molecule has 1 unspecified atom stereocenters. The van der Waals surface area contributed by atoms with Crippen LogP contribution >= 0.6 is 0 Å². The largest absolute Gasteiger partial charge is 0.374 e. The molecule has 1 saturated carbocycles. The normalized spacial score (nSPS) is 20.1. The van der Waals surface area contributed by atoms with Gasteiger partial charge >= 0.3 is 0 Å². The van der Waals surface area contributed by atoms with Gasteiger partial charge in [0.15, 0.2) is 11.3 Å². The molecule has 0 radical (unpaired) electrons. The third-order valence-corrected chi connectivity index (χ3v) is 6.96. The van der Waals surface area contributed by atoms with Crippen LogP contribution in [0, 0.1) is 0 Å². The average molecular weight is 548 g/mol. The van der Waals surface area contributed by atoms with Gasteiger partial charge in [-0.2, -0.15) is 10.2 Å². The summed E-state index contributed by atoms with van der Waals surface area (Å²) < 4.78 is 36.1. The smallest absolute Gasteiger partial charge is 0.284 e. The molecule has 6 rings (SSSR count). The second-order valence-corrected chi connectivity index (χ2v) is 9.06. The molecule has 3 aromatic rings. The van der Waals surface area contributed by atoms with E-state index >= 15 is 0 Å². The Bertz CT molecular complexity index is 1190. The maximum absolute atomic E-state index is 13.7. The average Bonchev–Trinajstić information content (AvgIpc) is 3.80. The Morgan fingerprint density at radius 3 is 2.41 bits per heavy atom. The number of hydrogen-bond donors (Lipinski definition) is 1. The Balaban J connectivity index is 0.000000657. The molecule has 1 aliphatic carbocycles. The summed E-state index contributed by atoms with van der Waals surface area (Å²) in [6.45, 7) is 13.4. The van der Waals surface area contributed by atoms with Crippen molar-refractivity contribution in [3.8, 4) is 0 Å². The molecule has 2 aliphatic heterocycles. The number of rotatable bonds is 5. The van der Waals surface area contributed by atoms with Gasteiger partial charge in [-0.05, 0) is 25.3 Å². The first-order valence-electron chi connectivity index (χ1n) is 14.5. The Morgan fingerprint density at radius 2 is 1.79 bits per heavy atom. The molecule has 5 heterocycles. The maximum atomic E-state index is 13.7. The van der Waals surface area contributed by atoms with Crippen LogP contribution in [0.4, 0.5) is 20.3 Å². The third-order valence-electron chi connectivity index (χ3n) is 6.96. The predicted molar refractivity (Wildman–Crippen MR) is 150 cm³/mol. The van der Waals surface area contributed by atoms with Crippen molar-refractivity contribution in [1.29, 1.82) is 0 Å². The van der Waals surface area contributed by atoms with Crippen LogP contribution in [0.5, 0.6) is 0 Å². The van der Waals surface area contributed by atoms with Gasteiger partial charge in [0.2, 0.25) is 0 Å². The molecule has 1 amide bonds. The van der Waals surface area contributed by atoms with Gasteiger partial charge in [0.1, 0.15) is 11.4 Å². The molecule has 2 bridgehead atoms. The Kier molecular flexibility index (Phi) is 11.2. The highest BCUT2D eigenvalue weighted by Gasteiger charge is 2.39. The molecular weight excluding hydrogens is 504 g/mol. The lowest BCUT2D eigenvalue weighted by molar-refractivity contribution is 0.0988. The lowest BCUT2D eigenvalue weighted by atomic mass is 9.96. The van der Waals surface area contributed by atoms with E-state index in [1.54, 1.807) is 10.9 Å². The highest BCUT2D eigenvalue weighted by atomic mass is 19.3. The minimum absolute atomic E-state index is 0.0325. The van der Waals surface area contributed by atoms with Crippen molar-refractivity contribution < 1.29 is 18.3 Å². The van der Waals surface area contributed by atoms with Crippen molar-refractivity contribution in [3.05, 3.63) is 35.9 Å². The topological polar surface area (TPSA) is 89.6 Å². The highest BCUT2D eigenvalue weighted by Crippen LogP contribution is 2.34. The number of carbonyl (C=O) groups excluding carboxylic acids is 1. The van der Waals surface area contributed by atoms with Crippen LogP contribution in [0.15, 0.2) is 24.7 Å². The monoisotopic (exact) mass is 547 g/mol. The second kappa shape index (κ2) is 14.3. The molecule has 3 fully saturated rings. The number of carbonyl (C=O) groups is 1. The van der Waals surface area contributed by atoms with E-state index in [0.29, 0.717) is 12.3 Å². The fraction of sp³-hybridized carbons (Fsp3) is 0.643. The van der Waals surface area contributed by atoms with Crippen LogP contribution in [0.2, 0.25) is 0 Å².